The van der Waals surface area contributed by atoms with Crippen LogP contribution in [0.2, 0.25) is 0 Å². The van der Waals surface area contributed by atoms with Gasteiger partial charge in [-0.1, -0.05) is 119 Å². The highest BCUT2D eigenvalue weighted by molar-refractivity contribution is 6.33. The molecule has 0 spiro atoms. The number of unbranched alkanes of at least 4 members (excludes halogenated alkanes) is 3. The third-order valence-electron chi connectivity index (χ3n) is 12.0. The fourth-order valence-electron chi connectivity index (χ4n) is 8.95. The predicted octanol–water partition coefficient (Wildman–Crippen LogP) is 6.43. The minimum absolute atomic E-state index is 0.00896. The highest BCUT2D eigenvalue weighted by Crippen LogP contribution is 2.51. The molecular formula is C47H59N3O9. The van der Waals surface area contributed by atoms with Gasteiger partial charge in [0.25, 0.3) is 11.8 Å². The van der Waals surface area contributed by atoms with Crippen LogP contribution in [0, 0.1) is 35.5 Å². The molecule has 316 valence electrons. The number of benzene rings is 2. The van der Waals surface area contributed by atoms with Gasteiger partial charge >= 0.3 is 12.1 Å². The average molecular weight is 810 g/mol. The van der Waals surface area contributed by atoms with Crippen molar-refractivity contribution in [2.45, 2.75) is 103 Å². The van der Waals surface area contributed by atoms with E-state index in [1.54, 1.807) is 18.2 Å². The van der Waals surface area contributed by atoms with E-state index in [1.807, 2.05) is 74.5 Å². The maximum atomic E-state index is 14.5. The van der Waals surface area contributed by atoms with Crippen molar-refractivity contribution < 1.29 is 43.3 Å². The topological polar surface area (TPSA) is 177 Å². The molecule has 2 aliphatic carbocycles. The Labute approximate surface area is 347 Å². The molecule has 0 saturated heterocycles. The molecule has 1 aliphatic heterocycles. The molecule has 4 N–H and O–H groups in total. The van der Waals surface area contributed by atoms with Crippen molar-refractivity contribution in [1.82, 2.24) is 16.0 Å². The number of allylic oxidation sites excluding steroid dienone is 2. The number of fused-ring (bicyclic) bond motifs is 1. The number of hydrogen-bond donors (Lipinski definition) is 4. The zero-order valence-electron chi connectivity index (χ0n) is 34.5. The molecule has 2 aromatic rings. The number of carbonyl (C=O) groups excluding carboxylic acids is 6. The van der Waals surface area contributed by atoms with E-state index in [0.29, 0.717) is 32.2 Å². The molecule has 4 amide bonds. The molecule has 12 nitrogen and oxygen atoms in total. The van der Waals surface area contributed by atoms with Crippen LogP contribution in [-0.4, -0.2) is 58.9 Å². The van der Waals surface area contributed by atoms with Gasteiger partial charge in [0, 0.05) is 35.8 Å². The first-order chi connectivity index (χ1) is 28.4. The van der Waals surface area contributed by atoms with Gasteiger partial charge in [0.2, 0.25) is 5.91 Å². The summed E-state index contributed by atoms with van der Waals surface area (Å²) in [4.78, 5) is 80.7. The Hall–Kier alpha value is -5.36. The third-order valence-corrected chi connectivity index (χ3v) is 12.0. The van der Waals surface area contributed by atoms with E-state index in [9.17, 15) is 33.9 Å². The number of amides is 4. The van der Waals surface area contributed by atoms with E-state index in [0.717, 1.165) is 30.4 Å². The van der Waals surface area contributed by atoms with Gasteiger partial charge in [0.05, 0.1) is 11.2 Å². The molecule has 0 radical (unpaired) electrons. The molecule has 8 atom stereocenters. The smallest absolute Gasteiger partial charge is 0.407 e. The summed E-state index contributed by atoms with van der Waals surface area (Å²) in [5, 5.41) is 20.3. The van der Waals surface area contributed by atoms with Gasteiger partial charge in [-0.25, -0.2) is 9.59 Å². The summed E-state index contributed by atoms with van der Waals surface area (Å²) < 4.78 is 10.9. The third kappa shape index (κ3) is 11.4. The largest absolute Gasteiger partial charge is 0.459 e. The van der Waals surface area contributed by atoms with Crippen molar-refractivity contribution >= 4 is 35.6 Å². The Kier molecular flexibility index (Phi) is 16.0. The number of imide groups is 1. The van der Waals surface area contributed by atoms with Crippen LogP contribution in [0.5, 0.6) is 0 Å². The molecular weight excluding hydrogens is 751 g/mol. The molecule has 0 aromatic heterocycles. The summed E-state index contributed by atoms with van der Waals surface area (Å²) in [5.74, 6) is -6.18. The molecule has 2 aromatic carbocycles. The normalized spacial score (nSPS) is 24.6. The lowest BCUT2D eigenvalue weighted by molar-refractivity contribution is -0.152. The number of ketones is 1. The molecule has 1 heterocycles. The number of nitrogens with one attached hydrogen (secondary N) is 3. The van der Waals surface area contributed by atoms with Gasteiger partial charge in [0.1, 0.15) is 19.3 Å². The summed E-state index contributed by atoms with van der Waals surface area (Å²) in [6.07, 6.45) is 9.29. The first-order valence-corrected chi connectivity index (χ1v) is 21.0. The first kappa shape index (κ1) is 44.7. The van der Waals surface area contributed by atoms with E-state index >= 15 is 0 Å². The van der Waals surface area contributed by atoms with E-state index in [1.165, 1.54) is 0 Å². The van der Waals surface area contributed by atoms with Gasteiger partial charge in [0.15, 0.2) is 5.78 Å². The molecule has 8 unspecified atom stereocenters. The van der Waals surface area contributed by atoms with Crippen molar-refractivity contribution in [3.63, 3.8) is 0 Å². The molecule has 12 heteroatoms. The Morgan fingerprint density at radius 2 is 1.56 bits per heavy atom. The Balaban J connectivity index is 1.26. The lowest BCUT2D eigenvalue weighted by Crippen LogP contribution is -2.57. The predicted molar refractivity (Wildman–Crippen MR) is 222 cm³/mol. The minimum atomic E-state index is -1.57. The van der Waals surface area contributed by atoms with Gasteiger partial charge in [-0.15, -0.1) is 6.58 Å². The molecule has 0 bridgehead atoms. The number of aliphatic hydroxyl groups is 1. The monoisotopic (exact) mass is 809 g/mol. The van der Waals surface area contributed by atoms with Crippen LogP contribution in [0.1, 0.15) is 89.7 Å². The molecule has 59 heavy (non-hydrogen) atoms. The number of carbonyl (C=O) groups is 6. The van der Waals surface area contributed by atoms with Gasteiger partial charge < -0.3 is 25.2 Å². The van der Waals surface area contributed by atoms with Crippen LogP contribution in [-0.2, 0) is 46.7 Å². The van der Waals surface area contributed by atoms with Gasteiger partial charge in [-0.05, 0) is 61.5 Å². The average Bonchev–Trinajstić information content (AvgIpc) is 3.53. The standard InChI is InChI=1S/C47H59N3O9/c1-5-7-10-21-34(6-2)38-39(44(54)50-43(38)53)41(51)37-30(3)23-24-47(57)27-35(26-31(4)40(37)47)42(52)49-36(45(55)58-28-32-17-11-8-12-18-32)22-15-16-25-48-46(56)59-29-33-19-13-9-14-20-33/h6,8-9,11-14,17-20,23-24,30-31,34-37,40,57H,2,5,7,10,15-16,21-22,25-29H2,1,3-4H3,(H,48,56)(H,49,52)(H,50,53,54). The van der Waals surface area contributed by atoms with Crippen molar-refractivity contribution in [3.05, 3.63) is 108 Å². The Bertz CT molecular complexity index is 1890. The zero-order valence-corrected chi connectivity index (χ0v) is 34.5. The second kappa shape index (κ2) is 21.1. The molecule has 1 fully saturated rings. The highest BCUT2D eigenvalue weighted by atomic mass is 16.5. The number of alkyl carbamates (subject to hydrolysis) is 1. The number of ether oxygens (including phenoxy) is 2. The number of Topliss-reactive ketones (excluding diaryl/α,β-unsaturated/α-hetero) is 1. The van der Waals surface area contributed by atoms with Gasteiger partial charge in [-0.2, -0.15) is 0 Å². The number of rotatable bonds is 20. The van der Waals surface area contributed by atoms with Crippen molar-refractivity contribution in [3.8, 4) is 0 Å². The maximum absolute atomic E-state index is 14.5. The van der Waals surface area contributed by atoms with Crippen molar-refractivity contribution in [1.29, 1.82) is 0 Å². The van der Waals surface area contributed by atoms with Crippen LogP contribution in [0.25, 0.3) is 0 Å². The summed E-state index contributed by atoms with van der Waals surface area (Å²) in [6, 6.07) is 17.5. The number of esters is 1. The van der Waals surface area contributed by atoms with E-state index in [2.05, 4.69) is 29.5 Å². The van der Waals surface area contributed by atoms with Gasteiger partial charge in [-0.3, -0.25) is 24.5 Å². The van der Waals surface area contributed by atoms with Crippen molar-refractivity contribution in [2.24, 2.45) is 35.5 Å². The summed E-state index contributed by atoms with van der Waals surface area (Å²) in [5.41, 5.74) is 0.0649. The fraction of sp³-hybridized carbons (Fsp3) is 0.489. The van der Waals surface area contributed by atoms with Crippen LogP contribution in [0.3, 0.4) is 0 Å². The Morgan fingerprint density at radius 3 is 2.20 bits per heavy atom. The van der Waals surface area contributed by atoms with E-state index in [4.69, 9.17) is 9.47 Å². The fourth-order valence-corrected chi connectivity index (χ4v) is 8.95. The van der Waals surface area contributed by atoms with E-state index < -0.39 is 70.9 Å². The lowest BCUT2D eigenvalue weighted by atomic mass is 9.55. The molecule has 1 saturated carbocycles. The minimum Gasteiger partial charge on any atom is -0.459 e. The van der Waals surface area contributed by atoms with Crippen LogP contribution >= 0.6 is 0 Å². The molecule has 5 rings (SSSR count). The van der Waals surface area contributed by atoms with Crippen molar-refractivity contribution in [2.75, 3.05) is 6.54 Å². The summed E-state index contributed by atoms with van der Waals surface area (Å²) in [6.45, 7) is 10.2. The van der Waals surface area contributed by atoms with E-state index in [-0.39, 0.29) is 49.0 Å². The first-order valence-electron chi connectivity index (χ1n) is 21.0. The highest BCUT2D eigenvalue weighted by Gasteiger charge is 2.56. The van der Waals surface area contributed by atoms with Crippen LogP contribution < -0.4 is 16.0 Å². The second-order valence-corrected chi connectivity index (χ2v) is 16.3. The van der Waals surface area contributed by atoms with Crippen LogP contribution in [0.15, 0.2) is 96.6 Å². The second-order valence-electron chi connectivity index (χ2n) is 16.3. The molecule has 3 aliphatic rings. The lowest BCUT2D eigenvalue weighted by Gasteiger charge is -2.51. The number of hydrogen-bond acceptors (Lipinski definition) is 9. The maximum Gasteiger partial charge on any atom is 0.407 e. The Morgan fingerprint density at radius 1 is 0.915 bits per heavy atom. The summed E-state index contributed by atoms with van der Waals surface area (Å²) >= 11 is 0. The van der Waals surface area contributed by atoms with Crippen LogP contribution in [0.4, 0.5) is 4.79 Å². The summed E-state index contributed by atoms with van der Waals surface area (Å²) in [7, 11) is 0. The quantitative estimate of drug-likeness (QED) is 0.0386. The zero-order chi connectivity index (χ0) is 42.5. The SMILES string of the molecule is C=CC(CCCCC)C1=C(C(=O)C2C(C)C=CC3(O)CC(C(=O)NC(CCCCNC(=O)OCc4ccccc4)C(=O)OCc4ccccc4)CC(C)C23)C(=O)NC1=O.